The van der Waals surface area contributed by atoms with E-state index in [1.54, 1.807) is 0 Å². The quantitative estimate of drug-likeness (QED) is 0.506. The normalized spacial score (nSPS) is 11.2. The summed E-state index contributed by atoms with van der Waals surface area (Å²) >= 11 is 0. The molecule has 0 unspecified atom stereocenters. The van der Waals surface area contributed by atoms with Gasteiger partial charge in [0.25, 0.3) is 0 Å². The van der Waals surface area contributed by atoms with Crippen molar-refractivity contribution in [3.05, 3.63) is 29.8 Å². The van der Waals surface area contributed by atoms with Crippen LogP contribution in [-0.2, 0) is 15.8 Å². The molecule has 0 aliphatic rings. The lowest BCUT2D eigenvalue weighted by Crippen LogP contribution is -2.39. The zero-order chi connectivity index (χ0) is 14.6. The Labute approximate surface area is 108 Å². The van der Waals surface area contributed by atoms with Gasteiger partial charge < -0.3 is 5.01 Å². The summed E-state index contributed by atoms with van der Waals surface area (Å²) in [5.41, 5.74) is -1.29. The third kappa shape index (κ3) is 3.78. The van der Waals surface area contributed by atoms with Gasteiger partial charge >= 0.3 is 6.18 Å². The molecule has 0 atom stereocenters. The fourth-order valence-corrected chi connectivity index (χ4v) is 1.49. The molecule has 2 N–H and O–H groups in total. The molecule has 0 aliphatic heterocycles. The lowest BCUT2D eigenvalue weighted by Gasteiger charge is -2.21. The van der Waals surface area contributed by atoms with E-state index in [0.29, 0.717) is 5.01 Å². The Bertz CT molecular complexity index is 486. The third-order valence-electron chi connectivity index (χ3n) is 2.46. The van der Waals surface area contributed by atoms with Crippen molar-refractivity contribution >= 4 is 17.3 Å². The van der Waals surface area contributed by atoms with Gasteiger partial charge in [-0.05, 0) is 12.1 Å². The first-order valence-electron chi connectivity index (χ1n) is 5.51. The van der Waals surface area contributed by atoms with Gasteiger partial charge in [-0.25, -0.2) is 5.84 Å². The number of anilines is 1. The second-order valence-electron chi connectivity index (χ2n) is 3.84. The molecule has 4 nitrogen and oxygen atoms in total. The number of rotatable bonds is 5. The molecule has 7 heteroatoms. The Morgan fingerprint density at radius 3 is 2.32 bits per heavy atom. The molecule has 19 heavy (non-hydrogen) atoms. The minimum Gasteiger partial charge on any atom is -0.303 e. The smallest absolute Gasteiger partial charge is 0.303 e. The number of hydrogen-bond donors (Lipinski definition) is 1. The molecule has 0 saturated heterocycles. The van der Waals surface area contributed by atoms with Crippen molar-refractivity contribution in [2.24, 2.45) is 5.84 Å². The molecule has 1 aromatic carbocycles. The van der Waals surface area contributed by atoms with Crippen molar-refractivity contribution in [1.82, 2.24) is 0 Å². The van der Waals surface area contributed by atoms with E-state index >= 15 is 0 Å². The van der Waals surface area contributed by atoms with E-state index in [4.69, 9.17) is 5.84 Å². The number of hydrazine groups is 1. The molecule has 0 spiro atoms. The second kappa shape index (κ2) is 5.83. The summed E-state index contributed by atoms with van der Waals surface area (Å²) in [6.07, 6.45) is -4.58. The first-order valence-corrected chi connectivity index (χ1v) is 5.51. The van der Waals surface area contributed by atoms with Crippen LogP contribution in [0.3, 0.4) is 0 Å². The number of halogens is 3. The SMILES string of the molecule is CCC(=O)C(=O)CN(N)c1ccccc1C(F)(F)F. The number of carbonyl (C=O) groups excluding carboxylic acids is 2. The predicted molar refractivity (Wildman–Crippen MR) is 63.3 cm³/mol. The van der Waals surface area contributed by atoms with Gasteiger partial charge in [-0.2, -0.15) is 13.2 Å². The summed E-state index contributed by atoms with van der Waals surface area (Å²) in [7, 11) is 0. The van der Waals surface area contributed by atoms with Gasteiger partial charge in [-0.15, -0.1) is 0 Å². The Kier molecular flexibility index (Phi) is 4.66. The van der Waals surface area contributed by atoms with Gasteiger partial charge in [0, 0.05) is 6.42 Å². The fraction of sp³-hybridized carbons (Fsp3) is 0.333. The summed E-state index contributed by atoms with van der Waals surface area (Å²) in [4.78, 5) is 22.5. The fourth-order valence-electron chi connectivity index (χ4n) is 1.49. The van der Waals surface area contributed by atoms with Crippen molar-refractivity contribution in [3.63, 3.8) is 0 Å². The molecule has 0 aliphatic carbocycles. The summed E-state index contributed by atoms with van der Waals surface area (Å²) in [6, 6.07) is 4.60. The molecule has 1 aromatic rings. The second-order valence-corrected chi connectivity index (χ2v) is 3.84. The van der Waals surface area contributed by atoms with Crippen LogP contribution in [-0.4, -0.2) is 18.1 Å². The van der Waals surface area contributed by atoms with Crippen LogP contribution >= 0.6 is 0 Å². The molecule has 0 fully saturated rings. The average molecular weight is 274 g/mol. The molecule has 0 heterocycles. The number of alkyl halides is 3. The summed E-state index contributed by atoms with van der Waals surface area (Å²) < 4.78 is 38.2. The number of benzene rings is 1. The number of para-hydroxylation sites is 1. The number of nitrogens with two attached hydrogens (primary N) is 1. The van der Waals surface area contributed by atoms with E-state index in [0.717, 1.165) is 12.1 Å². The summed E-state index contributed by atoms with van der Waals surface area (Å²) in [5.74, 6) is 3.96. The molecule has 0 radical (unpaired) electrons. The van der Waals surface area contributed by atoms with Crippen molar-refractivity contribution in [1.29, 1.82) is 0 Å². The minimum atomic E-state index is -4.58. The van der Waals surface area contributed by atoms with Gasteiger partial charge in [0.15, 0.2) is 5.78 Å². The van der Waals surface area contributed by atoms with Crippen LogP contribution in [0, 0.1) is 0 Å². The van der Waals surface area contributed by atoms with Crippen LogP contribution in [0.5, 0.6) is 0 Å². The van der Waals surface area contributed by atoms with Crippen LogP contribution in [0.2, 0.25) is 0 Å². The number of nitrogens with zero attached hydrogens (tertiary/aromatic N) is 1. The number of carbonyl (C=O) groups is 2. The van der Waals surface area contributed by atoms with Gasteiger partial charge in [0.2, 0.25) is 5.78 Å². The Hall–Kier alpha value is -1.89. The highest BCUT2D eigenvalue weighted by atomic mass is 19.4. The number of hydrogen-bond acceptors (Lipinski definition) is 4. The van der Waals surface area contributed by atoms with Crippen molar-refractivity contribution in [2.75, 3.05) is 11.6 Å². The molecule has 0 saturated carbocycles. The molecule has 0 aromatic heterocycles. The van der Waals surface area contributed by atoms with Gasteiger partial charge in [0.1, 0.15) is 6.54 Å². The van der Waals surface area contributed by atoms with Crippen LogP contribution in [0.15, 0.2) is 24.3 Å². The van der Waals surface area contributed by atoms with Gasteiger partial charge in [0.05, 0.1) is 11.3 Å². The lowest BCUT2D eigenvalue weighted by atomic mass is 10.1. The molecule has 0 amide bonds. The van der Waals surface area contributed by atoms with Crippen LogP contribution in [0.25, 0.3) is 0 Å². The van der Waals surface area contributed by atoms with E-state index in [1.165, 1.54) is 19.1 Å². The number of ketones is 2. The van der Waals surface area contributed by atoms with E-state index in [-0.39, 0.29) is 12.1 Å². The topological polar surface area (TPSA) is 63.4 Å². The molecule has 0 bridgehead atoms. The number of Topliss-reactive ketones (excluding diaryl/α,β-unsaturated/α-hetero) is 2. The predicted octanol–water partition coefficient (Wildman–Crippen LogP) is 1.93. The maximum absolute atomic E-state index is 12.7. The van der Waals surface area contributed by atoms with Crippen molar-refractivity contribution < 1.29 is 22.8 Å². The molecular formula is C12H13F3N2O2. The third-order valence-corrected chi connectivity index (χ3v) is 2.46. The Balaban J connectivity index is 2.98. The first kappa shape index (κ1) is 15.2. The van der Waals surface area contributed by atoms with E-state index in [2.05, 4.69) is 0 Å². The minimum absolute atomic E-state index is 0.00636. The zero-order valence-electron chi connectivity index (χ0n) is 10.2. The highest BCUT2D eigenvalue weighted by Crippen LogP contribution is 2.35. The largest absolute Gasteiger partial charge is 0.418 e. The zero-order valence-corrected chi connectivity index (χ0v) is 10.2. The Morgan fingerprint density at radius 2 is 1.79 bits per heavy atom. The van der Waals surface area contributed by atoms with Crippen LogP contribution in [0.4, 0.5) is 18.9 Å². The molecule has 104 valence electrons. The first-order chi connectivity index (χ1) is 8.77. The van der Waals surface area contributed by atoms with Crippen LogP contribution < -0.4 is 10.9 Å². The average Bonchev–Trinajstić information content (AvgIpc) is 2.36. The summed E-state index contributed by atoms with van der Waals surface area (Å²) in [6.45, 7) is 0.907. The van der Waals surface area contributed by atoms with Crippen LogP contribution in [0.1, 0.15) is 18.9 Å². The van der Waals surface area contributed by atoms with Crippen molar-refractivity contribution in [3.8, 4) is 0 Å². The molecular weight excluding hydrogens is 261 g/mol. The monoisotopic (exact) mass is 274 g/mol. The maximum Gasteiger partial charge on any atom is 0.418 e. The standard InChI is InChI=1S/C12H13F3N2O2/c1-2-10(18)11(19)7-17(16)9-6-4-3-5-8(9)12(13,14)15/h3-6H,2,7,16H2,1H3. The van der Waals surface area contributed by atoms with Crippen molar-refractivity contribution in [2.45, 2.75) is 19.5 Å². The van der Waals surface area contributed by atoms with E-state index < -0.39 is 29.9 Å². The van der Waals surface area contributed by atoms with Gasteiger partial charge in [-0.1, -0.05) is 19.1 Å². The Morgan fingerprint density at radius 1 is 1.21 bits per heavy atom. The van der Waals surface area contributed by atoms with Gasteiger partial charge in [-0.3, -0.25) is 9.59 Å². The highest BCUT2D eigenvalue weighted by molar-refractivity contribution is 6.38. The summed E-state index contributed by atoms with van der Waals surface area (Å²) in [5, 5.41) is 0.638. The highest BCUT2D eigenvalue weighted by Gasteiger charge is 2.34. The van der Waals surface area contributed by atoms with E-state index in [1.807, 2.05) is 0 Å². The van der Waals surface area contributed by atoms with E-state index in [9.17, 15) is 22.8 Å². The maximum atomic E-state index is 12.7. The lowest BCUT2D eigenvalue weighted by molar-refractivity contribution is -0.137. The molecule has 1 rings (SSSR count).